The van der Waals surface area contributed by atoms with Crippen LogP contribution in [0.2, 0.25) is 0 Å². The van der Waals surface area contributed by atoms with Gasteiger partial charge in [0.15, 0.2) is 5.75 Å². The fourth-order valence-corrected chi connectivity index (χ4v) is 1.49. The maximum atomic E-state index is 10.5. The Hall–Kier alpha value is -2.36. The van der Waals surface area contributed by atoms with Crippen LogP contribution in [0, 0.1) is 10.1 Å². The number of phenols is 1. The summed E-state index contributed by atoms with van der Waals surface area (Å²) in [6, 6.07) is 13.7. The molecule has 0 saturated carbocycles. The van der Waals surface area contributed by atoms with Crippen molar-refractivity contribution < 1.29 is 10.0 Å². The van der Waals surface area contributed by atoms with Crippen molar-refractivity contribution in [2.75, 3.05) is 0 Å². The van der Waals surface area contributed by atoms with Gasteiger partial charge in [-0.3, -0.25) is 10.1 Å². The molecule has 4 heteroatoms. The molecular weight excluding hydrogens is 206 g/mol. The molecule has 4 nitrogen and oxygen atoms in total. The quantitative estimate of drug-likeness (QED) is 0.618. The Morgan fingerprint density at radius 1 is 1.00 bits per heavy atom. The Bertz CT molecular complexity index is 523. The van der Waals surface area contributed by atoms with E-state index >= 15 is 0 Å². The molecular formula is C12H9NO3. The maximum Gasteiger partial charge on any atom is 0.310 e. The van der Waals surface area contributed by atoms with E-state index in [9.17, 15) is 15.2 Å². The molecule has 0 amide bonds. The topological polar surface area (TPSA) is 63.4 Å². The van der Waals surface area contributed by atoms with Gasteiger partial charge in [-0.2, -0.15) is 0 Å². The van der Waals surface area contributed by atoms with Crippen molar-refractivity contribution in [2.24, 2.45) is 0 Å². The molecule has 1 N–H and O–H groups in total. The molecule has 0 bridgehead atoms. The molecule has 0 aromatic heterocycles. The number of benzene rings is 2. The van der Waals surface area contributed by atoms with Crippen LogP contribution in [0.3, 0.4) is 0 Å². The Morgan fingerprint density at radius 2 is 1.69 bits per heavy atom. The number of nitrogens with zero attached hydrogens (tertiary/aromatic N) is 1. The van der Waals surface area contributed by atoms with E-state index in [1.165, 1.54) is 12.1 Å². The Balaban J connectivity index is 2.46. The second kappa shape index (κ2) is 4.02. The van der Waals surface area contributed by atoms with Gasteiger partial charge in [0.25, 0.3) is 0 Å². The summed E-state index contributed by atoms with van der Waals surface area (Å²) in [6.07, 6.45) is 0. The summed E-state index contributed by atoms with van der Waals surface area (Å²) in [5, 5.41) is 20.0. The van der Waals surface area contributed by atoms with Gasteiger partial charge in [-0.15, -0.1) is 0 Å². The summed E-state index contributed by atoms with van der Waals surface area (Å²) in [7, 11) is 0. The lowest BCUT2D eigenvalue weighted by molar-refractivity contribution is -0.385. The van der Waals surface area contributed by atoms with E-state index in [1.54, 1.807) is 6.07 Å². The van der Waals surface area contributed by atoms with E-state index in [2.05, 4.69) is 0 Å². The Labute approximate surface area is 91.9 Å². The minimum Gasteiger partial charge on any atom is -0.502 e. The van der Waals surface area contributed by atoms with Crippen molar-refractivity contribution in [3.05, 3.63) is 58.6 Å². The van der Waals surface area contributed by atoms with Crippen LogP contribution in [0.5, 0.6) is 5.75 Å². The van der Waals surface area contributed by atoms with Gasteiger partial charge in [-0.25, -0.2) is 0 Å². The van der Waals surface area contributed by atoms with Crippen molar-refractivity contribution in [2.45, 2.75) is 0 Å². The molecule has 0 spiro atoms. The number of hydrogen-bond donors (Lipinski definition) is 1. The number of hydrogen-bond acceptors (Lipinski definition) is 3. The molecule has 0 fully saturated rings. The molecule has 0 aliphatic carbocycles. The molecule has 0 radical (unpaired) electrons. The highest BCUT2D eigenvalue weighted by molar-refractivity contribution is 5.67. The summed E-state index contributed by atoms with van der Waals surface area (Å²) in [6.45, 7) is 0. The van der Waals surface area contributed by atoms with Gasteiger partial charge in [0, 0.05) is 6.07 Å². The van der Waals surface area contributed by atoms with Gasteiger partial charge < -0.3 is 5.11 Å². The number of nitro benzene ring substituents is 1. The SMILES string of the molecule is O=[N+]([O-])c1ccc(-c2ccccc2)cc1O. The smallest absolute Gasteiger partial charge is 0.310 e. The van der Waals surface area contributed by atoms with Gasteiger partial charge in [-0.1, -0.05) is 30.3 Å². The second-order valence-corrected chi connectivity index (χ2v) is 3.33. The minimum atomic E-state index is -0.607. The van der Waals surface area contributed by atoms with Gasteiger partial charge >= 0.3 is 5.69 Å². The summed E-state index contributed by atoms with van der Waals surface area (Å²) >= 11 is 0. The van der Waals surface area contributed by atoms with Crippen molar-refractivity contribution >= 4 is 5.69 Å². The number of phenolic OH excluding ortho intramolecular Hbond substituents is 1. The lowest BCUT2D eigenvalue weighted by Gasteiger charge is -2.02. The van der Waals surface area contributed by atoms with Crippen LogP contribution in [0.15, 0.2) is 48.5 Å². The summed E-state index contributed by atoms with van der Waals surface area (Å²) in [5.74, 6) is -0.314. The van der Waals surface area contributed by atoms with Crippen LogP contribution < -0.4 is 0 Å². The van der Waals surface area contributed by atoms with Crippen LogP contribution in [0.1, 0.15) is 0 Å². The Kier molecular flexibility index (Phi) is 2.55. The summed E-state index contributed by atoms with van der Waals surface area (Å²) < 4.78 is 0. The average Bonchev–Trinajstić information content (AvgIpc) is 2.29. The predicted octanol–water partition coefficient (Wildman–Crippen LogP) is 2.97. The fraction of sp³-hybridized carbons (Fsp3) is 0. The second-order valence-electron chi connectivity index (χ2n) is 3.33. The highest BCUT2D eigenvalue weighted by atomic mass is 16.6. The first kappa shape index (κ1) is 10.2. The fourth-order valence-electron chi connectivity index (χ4n) is 1.49. The number of rotatable bonds is 2. The molecule has 0 aliphatic heterocycles. The van der Waals surface area contributed by atoms with Crippen LogP contribution in [-0.2, 0) is 0 Å². The first-order chi connectivity index (χ1) is 7.68. The van der Waals surface area contributed by atoms with Crippen LogP contribution in [0.25, 0.3) is 11.1 Å². The number of nitro groups is 1. The standard InChI is InChI=1S/C12H9NO3/c14-12-8-10(6-7-11(12)13(15)16)9-4-2-1-3-5-9/h1-8,14H. The van der Waals surface area contributed by atoms with E-state index in [0.29, 0.717) is 0 Å². The maximum absolute atomic E-state index is 10.5. The zero-order valence-electron chi connectivity index (χ0n) is 8.33. The van der Waals surface area contributed by atoms with E-state index in [4.69, 9.17) is 0 Å². The molecule has 2 aromatic rings. The molecule has 0 unspecified atom stereocenters. The van der Waals surface area contributed by atoms with Gasteiger partial charge in [0.1, 0.15) is 0 Å². The largest absolute Gasteiger partial charge is 0.502 e. The molecule has 2 aromatic carbocycles. The minimum absolute atomic E-state index is 0.278. The molecule has 2 rings (SSSR count). The highest BCUT2D eigenvalue weighted by Crippen LogP contribution is 2.30. The third-order valence-corrected chi connectivity index (χ3v) is 2.28. The lowest BCUT2D eigenvalue weighted by atomic mass is 10.1. The molecule has 80 valence electrons. The normalized spacial score (nSPS) is 10.0. The average molecular weight is 215 g/mol. The predicted molar refractivity (Wildman–Crippen MR) is 60.2 cm³/mol. The van der Waals surface area contributed by atoms with Gasteiger partial charge in [0.2, 0.25) is 0 Å². The van der Waals surface area contributed by atoms with Crippen LogP contribution >= 0.6 is 0 Å². The molecule has 16 heavy (non-hydrogen) atoms. The molecule has 0 aliphatic rings. The van der Waals surface area contributed by atoms with Crippen molar-refractivity contribution in [1.82, 2.24) is 0 Å². The van der Waals surface area contributed by atoms with E-state index in [-0.39, 0.29) is 11.4 Å². The van der Waals surface area contributed by atoms with Gasteiger partial charge in [0.05, 0.1) is 4.92 Å². The zero-order chi connectivity index (χ0) is 11.5. The first-order valence-electron chi connectivity index (χ1n) is 4.71. The van der Waals surface area contributed by atoms with E-state index in [0.717, 1.165) is 11.1 Å². The van der Waals surface area contributed by atoms with Crippen molar-refractivity contribution in [3.63, 3.8) is 0 Å². The van der Waals surface area contributed by atoms with Crippen molar-refractivity contribution in [3.8, 4) is 16.9 Å². The lowest BCUT2D eigenvalue weighted by Crippen LogP contribution is -1.88. The third-order valence-electron chi connectivity index (χ3n) is 2.28. The van der Waals surface area contributed by atoms with E-state index < -0.39 is 4.92 Å². The van der Waals surface area contributed by atoms with E-state index in [1.807, 2.05) is 30.3 Å². The highest BCUT2D eigenvalue weighted by Gasteiger charge is 2.13. The monoisotopic (exact) mass is 215 g/mol. The summed E-state index contributed by atoms with van der Waals surface area (Å²) in [5.41, 5.74) is 1.39. The van der Waals surface area contributed by atoms with Crippen molar-refractivity contribution in [1.29, 1.82) is 0 Å². The summed E-state index contributed by atoms with van der Waals surface area (Å²) in [4.78, 5) is 9.91. The number of aromatic hydroxyl groups is 1. The Morgan fingerprint density at radius 3 is 2.25 bits per heavy atom. The third kappa shape index (κ3) is 1.86. The van der Waals surface area contributed by atoms with Crippen LogP contribution in [0.4, 0.5) is 5.69 Å². The zero-order valence-corrected chi connectivity index (χ0v) is 8.33. The molecule has 0 heterocycles. The van der Waals surface area contributed by atoms with Gasteiger partial charge in [-0.05, 0) is 23.3 Å². The first-order valence-corrected chi connectivity index (χ1v) is 4.71. The van der Waals surface area contributed by atoms with Crippen LogP contribution in [-0.4, -0.2) is 10.0 Å². The molecule has 0 saturated heterocycles. The molecule has 0 atom stereocenters.